The molecule has 0 bridgehead atoms. The van der Waals surface area contributed by atoms with Crippen LogP contribution in [-0.4, -0.2) is 207 Å². The van der Waals surface area contributed by atoms with Crippen LogP contribution in [-0.2, 0) is 19.2 Å². The van der Waals surface area contributed by atoms with Gasteiger partial charge in [0.25, 0.3) is 0 Å². The van der Waals surface area contributed by atoms with Crippen LogP contribution in [0.15, 0.2) is 111 Å². The summed E-state index contributed by atoms with van der Waals surface area (Å²) in [4.78, 5) is 124. The second kappa shape index (κ2) is 35.3. The number of alkyl halides is 10. The number of anilines is 4. The lowest BCUT2D eigenvalue weighted by Gasteiger charge is -2.48. The van der Waals surface area contributed by atoms with Crippen LogP contribution >= 0.6 is 23.2 Å². The maximum atomic E-state index is 14.0. The Hall–Kier alpha value is -13.3. The molecule has 0 radical (unpaired) electrons. The predicted octanol–water partition coefficient (Wildman–Crippen LogP) is 13.2. The van der Waals surface area contributed by atoms with Crippen molar-refractivity contribution in [3.8, 4) is 57.7 Å². The van der Waals surface area contributed by atoms with Gasteiger partial charge in [0.15, 0.2) is 23.3 Å². The van der Waals surface area contributed by atoms with Gasteiger partial charge in [-0.1, -0.05) is 30.1 Å². The fourth-order valence-electron chi connectivity index (χ4n) is 13.0. The smallest absolute Gasteiger partial charge is 0.354 e. The molecule has 0 spiro atoms. The van der Waals surface area contributed by atoms with Crippen molar-refractivity contribution in [1.82, 2.24) is 111 Å². The van der Waals surface area contributed by atoms with E-state index in [4.69, 9.17) is 23.2 Å². The van der Waals surface area contributed by atoms with Crippen LogP contribution < -0.4 is 41.3 Å². The number of rotatable bonds is 22. The summed E-state index contributed by atoms with van der Waals surface area (Å²) in [6.45, 7) is 0.962. The van der Waals surface area contributed by atoms with Gasteiger partial charge in [-0.2, -0.15) is 60.0 Å². The van der Waals surface area contributed by atoms with Gasteiger partial charge in [-0.25, -0.2) is 73.0 Å². The SMILES string of the molecule is CCNC(=O)[C@@](C)(CC)Nc1ncnc(-c2c[nH]c3ncc(F)cc23)n1.N#CCN(c1ccnc(-c2c[nH]c3ncc(Cl)cc23)n1)C1(C(=O)NCC(F)(F)F)CC1.N#CCN(c1ccnc(-c2c[nH]c3ncc(Cl)cc23)n1)C1(C(=O)NCC(F)(F)F)CCC1.O=C(NCC(F)(F)F)[C@H]1C[C@H](F)CN1c1ncnc(-c2c[nH]c3ncc(F)cc23)n1.[HH].[HH].[HH].[HH].[HH].[HH].[HH].[HH]. The zero-order valence-electron chi connectivity index (χ0n) is 62.4. The third kappa shape index (κ3) is 19.7. The van der Waals surface area contributed by atoms with Gasteiger partial charge < -0.3 is 61.2 Å². The molecule has 4 amide bonds. The second-order valence-corrected chi connectivity index (χ2v) is 28.1. The number of aromatic nitrogens is 18. The van der Waals surface area contributed by atoms with Gasteiger partial charge in [-0.15, -0.1) is 0 Å². The van der Waals surface area contributed by atoms with Crippen molar-refractivity contribution >= 4 is 114 Å². The van der Waals surface area contributed by atoms with E-state index in [1.807, 2.05) is 36.6 Å². The number of halogens is 14. The quantitative estimate of drug-likeness (QED) is 0.0225. The molecule has 12 aromatic rings. The lowest BCUT2D eigenvalue weighted by atomic mass is 9.74. The molecule has 636 valence electrons. The highest BCUT2D eigenvalue weighted by atomic mass is 35.5. The van der Waals surface area contributed by atoms with Crippen molar-refractivity contribution in [2.24, 2.45) is 0 Å². The van der Waals surface area contributed by atoms with Crippen molar-refractivity contribution in [2.75, 3.05) is 65.8 Å². The highest BCUT2D eigenvalue weighted by Gasteiger charge is 2.56. The molecule has 0 aromatic carbocycles. The van der Waals surface area contributed by atoms with Crippen molar-refractivity contribution in [3.63, 3.8) is 0 Å². The average Bonchev–Trinajstić information content (AvgIpc) is 1.47. The van der Waals surface area contributed by atoms with E-state index in [0.29, 0.717) is 139 Å². The maximum Gasteiger partial charge on any atom is 0.405 e. The van der Waals surface area contributed by atoms with Crippen LogP contribution in [0.5, 0.6) is 0 Å². The van der Waals surface area contributed by atoms with E-state index in [9.17, 15) is 82.4 Å². The van der Waals surface area contributed by atoms with Gasteiger partial charge in [0.05, 0.1) is 41.1 Å². The standard InChI is InChI=1S/C20H17ClF3N7O.C19H15ClF3N7O.C17H14F5N7O.C17H20FN7O.8H2/c21-12-8-13-14(10-28-16(13)27-9-12)17-26-6-2-15(30-17)31(7-5-25)19(3-1-4-19)18(32)29-11-20(22,23)24;20-11-7-12-13(9-27-15(12)26-8-11)16-25-5-1-14(29-16)30(6-4-24)18(2-3-18)17(31)28-10-19(21,22)23;18-8-1-10-11(4-24-13(10)23-3-8)14-26-7-27-16(28-14)29-5-9(19)2-12(29)15(30)25-6-17(20,21)22;1-4-17(3,15(26)19-5-2)25-16-23-9-22-14(24-16)12-8-21-13-11(12)6-10(18)7-20-13;;;;;;;;/h2,6,8-10H,1,3-4,7,11H2,(H,27,28)(H,29,32);1,5,7-9H,2-3,6,10H2,(H,26,27)(H,28,31);1,3-4,7,9,12H,2,5-6H2,(H,23,24)(H,25,30);6-9H,4-5H2,1-3H3,(H,19,26)(H,20,21)(H,22,23,24,25);8*1H/t;;9-,12+;17-;;;;;;;;/m..01......../s1. The van der Waals surface area contributed by atoms with Crippen LogP contribution in [0, 0.1) is 34.3 Å². The molecule has 32 nitrogen and oxygen atoms in total. The number of fused-ring (bicyclic) bond motifs is 4. The van der Waals surface area contributed by atoms with Crippen molar-refractivity contribution in [2.45, 2.75) is 113 Å². The summed E-state index contributed by atoms with van der Waals surface area (Å²) in [5, 5.41) is 33.4. The first-order valence-corrected chi connectivity index (χ1v) is 36.8. The molecule has 46 heteroatoms. The molecule has 3 fully saturated rings. The molecule has 9 N–H and O–H groups in total. The number of nitrogens with zero attached hydrogens (tertiary/aromatic N) is 19. The minimum Gasteiger partial charge on any atom is -0.354 e. The Balaban J connectivity index is 0.000000348. The number of H-pyrrole nitrogens is 4. The van der Waals surface area contributed by atoms with E-state index < -0.39 is 96.3 Å². The van der Waals surface area contributed by atoms with Crippen LogP contribution in [0.25, 0.3) is 89.7 Å². The Labute approximate surface area is 686 Å². The van der Waals surface area contributed by atoms with Gasteiger partial charge in [0.1, 0.15) is 120 Å². The summed E-state index contributed by atoms with van der Waals surface area (Å²) in [6.07, 6.45) is 4.10. The van der Waals surface area contributed by atoms with Crippen molar-refractivity contribution in [1.29, 1.82) is 10.5 Å². The molecule has 12 aromatic heterocycles. The van der Waals surface area contributed by atoms with Gasteiger partial charge in [0.2, 0.25) is 35.5 Å². The highest BCUT2D eigenvalue weighted by Crippen LogP contribution is 2.45. The Kier molecular flexibility index (Phi) is 25.2. The molecule has 119 heavy (non-hydrogen) atoms. The van der Waals surface area contributed by atoms with Crippen molar-refractivity contribution < 1.29 is 83.3 Å². The van der Waals surface area contributed by atoms with Gasteiger partial charge in [-0.05, 0) is 88.8 Å². The Morgan fingerprint density at radius 3 is 1.40 bits per heavy atom. The minimum absolute atomic E-state index is 0. The topological polar surface area (TPSA) is 429 Å². The summed E-state index contributed by atoms with van der Waals surface area (Å²) in [7, 11) is 0. The number of nitriles is 2. The van der Waals surface area contributed by atoms with E-state index in [-0.39, 0.29) is 72.7 Å². The Bertz CT molecular complexity index is 5850. The molecule has 1 aliphatic heterocycles. The lowest BCUT2D eigenvalue weighted by Crippen LogP contribution is -2.64. The molecular weight excluding hydrogens is 1630 g/mol. The van der Waals surface area contributed by atoms with Crippen LogP contribution in [0.1, 0.15) is 77.1 Å². The molecule has 3 atom stereocenters. The monoisotopic (exact) mass is 1710 g/mol. The summed E-state index contributed by atoms with van der Waals surface area (Å²) in [5.41, 5.74) is 0.913. The fraction of sp³-hybridized carbons (Fsp3) is 0.342. The fourth-order valence-corrected chi connectivity index (χ4v) is 13.3. The number of hydrogen-bond acceptors (Lipinski definition) is 24. The average molecular weight is 1710 g/mol. The summed E-state index contributed by atoms with van der Waals surface area (Å²) in [6, 6.07) is 11.8. The molecule has 13 heterocycles. The van der Waals surface area contributed by atoms with E-state index in [0.717, 1.165) is 18.7 Å². The third-order valence-corrected chi connectivity index (χ3v) is 19.7. The number of pyridine rings is 4. The number of likely N-dealkylation sites (N-methyl/N-ethyl adjacent to an activating group) is 1. The van der Waals surface area contributed by atoms with Gasteiger partial charge >= 0.3 is 18.5 Å². The number of nitrogens with one attached hydrogen (secondary N) is 9. The predicted molar refractivity (Wildman–Crippen MR) is 424 cm³/mol. The largest absolute Gasteiger partial charge is 0.405 e. The number of hydrogen-bond donors (Lipinski definition) is 9. The highest BCUT2D eigenvalue weighted by molar-refractivity contribution is 6.31. The minimum atomic E-state index is -4.59. The van der Waals surface area contributed by atoms with Gasteiger partial charge in [-0.3, -0.25) is 19.2 Å². The number of aromatic amines is 4. The molecule has 15 rings (SSSR count). The zero-order chi connectivity index (χ0) is 85.4. The van der Waals surface area contributed by atoms with E-state index in [2.05, 4.69) is 100 Å². The van der Waals surface area contributed by atoms with E-state index in [1.54, 1.807) is 43.0 Å². The number of amides is 4. The number of carbonyl (C=O) groups is 4. The normalized spacial score (nSPS) is 15.7. The summed E-state index contributed by atoms with van der Waals surface area (Å²) < 4.78 is 154. The molecule has 2 saturated carbocycles. The summed E-state index contributed by atoms with van der Waals surface area (Å²) >= 11 is 12.1. The first-order valence-electron chi connectivity index (χ1n) is 36.0. The molecule has 2 aliphatic carbocycles. The molecule has 3 aliphatic rings. The van der Waals surface area contributed by atoms with Crippen LogP contribution in [0.3, 0.4) is 0 Å². The molecule has 1 saturated heterocycles. The van der Waals surface area contributed by atoms with Crippen LogP contribution in [0.4, 0.5) is 76.2 Å². The maximum absolute atomic E-state index is 14.0. The second-order valence-electron chi connectivity index (χ2n) is 27.2. The zero-order valence-corrected chi connectivity index (χ0v) is 63.9. The summed E-state index contributed by atoms with van der Waals surface area (Å²) in [5.74, 6) is -1.93. The molecule has 0 unspecified atom stereocenters. The third-order valence-electron chi connectivity index (χ3n) is 19.3. The first-order chi connectivity index (χ1) is 56.6. The Morgan fingerprint density at radius 2 is 0.983 bits per heavy atom. The van der Waals surface area contributed by atoms with Gasteiger partial charge in [0, 0.05) is 118 Å². The van der Waals surface area contributed by atoms with Crippen molar-refractivity contribution in [3.05, 3.63) is 133 Å². The Morgan fingerprint density at radius 1 is 0.563 bits per heavy atom. The molecular formula is C73H82Cl2F12N28O4. The number of carbonyl (C=O) groups excluding carboxylic acids is 4. The van der Waals surface area contributed by atoms with E-state index in [1.165, 1.54) is 76.3 Å². The first kappa shape index (κ1) is 85.1. The van der Waals surface area contributed by atoms with Crippen LogP contribution in [0.2, 0.25) is 10.0 Å². The van der Waals surface area contributed by atoms with E-state index >= 15 is 0 Å². The lowest BCUT2D eigenvalue weighted by molar-refractivity contribution is -0.143.